The minimum atomic E-state index is -5.31. The summed E-state index contributed by atoms with van der Waals surface area (Å²) in [6, 6.07) is 5.60. The summed E-state index contributed by atoms with van der Waals surface area (Å²) in [6.07, 6.45) is -5.31. The molecule has 1 unspecified atom stereocenters. The molecule has 0 fully saturated rings. The molecule has 3 heterocycles. The van der Waals surface area contributed by atoms with E-state index in [2.05, 4.69) is 15.3 Å². The van der Waals surface area contributed by atoms with Crippen LogP contribution in [0.4, 0.5) is 17.6 Å². The van der Waals surface area contributed by atoms with Crippen LogP contribution in [0.1, 0.15) is 53.4 Å². The van der Waals surface area contributed by atoms with Gasteiger partial charge in [0, 0.05) is 16.5 Å². The van der Waals surface area contributed by atoms with Gasteiger partial charge in [0.1, 0.15) is 29.3 Å². The Hall–Kier alpha value is -3.58. The first kappa shape index (κ1) is 27.5. The number of nitrogens with one attached hydrogen (secondary N) is 1. The zero-order valence-corrected chi connectivity index (χ0v) is 21.3. The molecule has 1 aliphatic rings. The number of ether oxygens (including phenoxy) is 1. The monoisotopic (exact) mass is 552 g/mol. The molecule has 0 radical (unpaired) electrons. The van der Waals surface area contributed by atoms with Gasteiger partial charge in [-0.2, -0.15) is 13.2 Å². The summed E-state index contributed by atoms with van der Waals surface area (Å²) in [5.74, 6) is -2.38. The Labute approximate surface area is 218 Å². The normalized spacial score (nSPS) is 18.6. The number of aromatic nitrogens is 2. The molecule has 8 nitrogen and oxygen atoms in total. The molecule has 202 valence electrons. The number of aliphatic hydroxyl groups is 1. The van der Waals surface area contributed by atoms with Crippen LogP contribution in [0.15, 0.2) is 35.7 Å². The largest absolute Gasteiger partial charge is 0.489 e. The van der Waals surface area contributed by atoms with Gasteiger partial charge in [0.2, 0.25) is 11.5 Å². The van der Waals surface area contributed by atoms with Crippen molar-refractivity contribution in [2.45, 2.75) is 43.9 Å². The van der Waals surface area contributed by atoms with Crippen LogP contribution in [0, 0.1) is 5.82 Å². The molecule has 4 rings (SSSR count). The number of primary amides is 1. The maximum Gasteiger partial charge on any atom is 0.424 e. The zero-order valence-electron chi connectivity index (χ0n) is 20.5. The number of rotatable bonds is 7. The van der Waals surface area contributed by atoms with E-state index in [9.17, 15) is 32.3 Å². The molecule has 4 N–H and O–H groups in total. The smallest absolute Gasteiger partial charge is 0.424 e. The third-order valence-corrected chi connectivity index (χ3v) is 7.30. The summed E-state index contributed by atoms with van der Waals surface area (Å²) in [7, 11) is 0. The van der Waals surface area contributed by atoms with Crippen molar-refractivity contribution in [3.8, 4) is 17.0 Å². The minimum Gasteiger partial charge on any atom is -0.489 e. The highest BCUT2D eigenvalue weighted by molar-refractivity contribution is 7.11. The number of alkyl halides is 3. The number of amides is 2. The highest BCUT2D eigenvalue weighted by Crippen LogP contribution is 2.47. The predicted molar refractivity (Wildman–Crippen MR) is 130 cm³/mol. The van der Waals surface area contributed by atoms with E-state index in [1.165, 1.54) is 19.1 Å². The molecule has 1 aliphatic heterocycles. The molecule has 3 aromatic rings. The van der Waals surface area contributed by atoms with Crippen molar-refractivity contribution in [1.29, 1.82) is 0 Å². The van der Waals surface area contributed by atoms with Gasteiger partial charge in [-0.15, -0.1) is 11.3 Å². The third kappa shape index (κ3) is 4.71. The summed E-state index contributed by atoms with van der Waals surface area (Å²) < 4.78 is 62.4. The summed E-state index contributed by atoms with van der Waals surface area (Å²) in [5, 5.41) is 14.7. The third-order valence-electron chi connectivity index (χ3n) is 6.44. The van der Waals surface area contributed by atoms with Crippen molar-refractivity contribution in [3.05, 3.63) is 63.5 Å². The number of hydrogen-bond acceptors (Lipinski definition) is 7. The van der Waals surface area contributed by atoms with Gasteiger partial charge in [-0.25, -0.2) is 14.4 Å². The van der Waals surface area contributed by atoms with Gasteiger partial charge in [0.15, 0.2) is 5.01 Å². The van der Waals surface area contributed by atoms with E-state index in [1.807, 2.05) is 13.8 Å². The van der Waals surface area contributed by atoms with Crippen LogP contribution in [0.3, 0.4) is 0 Å². The number of nitrogens with zero attached hydrogens (tertiary/aromatic N) is 2. The van der Waals surface area contributed by atoms with Crippen molar-refractivity contribution in [2.24, 2.45) is 5.73 Å². The fourth-order valence-corrected chi connectivity index (χ4v) is 4.77. The second kappa shape index (κ2) is 9.62. The van der Waals surface area contributed by atoms with Crippen LogP contribution in [0.25, 0.3) is 11.3 Å². The van der Waals surface area contributed by atoms with Gasteiger partial charge >= 0.3 is 6.18 Å². The van der Waals surface area contributed by atoms with E-state index in [-0.39, 0.29) is 40.1 Å². The Bertz CT molecular complexity index is 1390. The first-order valence-corrected chi connectivity index (χ1v) is 12.3. The first-order valence-electron chi connectivity index (χ1n) is 11.4. The lowest BCUT2D eigenvalue weighted by Crippen LogP contribution is -2.51. The van der Waals surface area contributed by atoms with Crippen molar-refractivity contribution in [1.82, 2.24) is 15.3 Å². The van der Waals surface area contributed by atoms with Gasteiger partial charge in [-0.05, 0) is 43.2 Å². The topological polar surface area (TPSA) is 127 Å². The Morgan fingerprint density at radius 1 is 1.24 bits per heavy atom. The van der Waals surface area contributed by atoms with Crippen LogP contribution in [0.2, 0.25) is 0 Å². The van der Waals surface area contributed by atoms with E-state index in [1.54, 1.807) is 5.38 Å². The molecule has 2 amide bonds. The molecule has 1 aromatic carbocycles. The van der Waals surface area contributed by atoms with Crippen molar-refractivity contribution in [3.63, 3.8) is 0 Å². The lowest BCUT2D eigenvalue weighted by atomic mass is 9.81. The standard InChI is InChI=1S/C25H24F4N4O4S/c1-12(2)16-9-38-21(32-16)20(34)31-10-24(36,25(27,28)29)17-8-15-19(37-11-23(15,3)22(30)35)18(33-17)13-4-6-14(26)7-5-13/h4-9,12,36H,10-11H2,1-3H3,(H2,30,35)(H,31,34)/t23-,24?/m0/s1. The summed E-state index contributed by atoms with van der Waals surface area (Å²) in [6.45, 7) is 3.51. The number of thiazole rings is 1. The van der Waals surface area contributed by atoms with Crippen LogP contribution in [-0.2, 0) is 15.8 Å². The summed E-state index contributed by atoms with van der Waals surface area (Å²) in [5.41, 5.74) is 0.0364. The van der Waals surface area contributed by atoms with Crippen molar-refractivity contribution >= 4 is 23.2 Å². The molecular weight excluding hydrogens is 528 g/mol. The Balaban J connectivity index is 1.81. The number of halogens is 4. The molecule has 38 heavy (non-hydrogen) atoms. The fourth-order valence-electron chi connectivity index (χ4n) is 3.88. The highest BCUT2D eigenvalue weighted by Gasteiger charge is 2.57. The molecule has 0 spiro atoms. The van der Waals surface area contributed by atoms with Crippen LogP contribution in [0.5, 0.6) is 5.75 Å². The highest BCUT2D eigenvalue weighted by atomic mass is 32.1. The van der Waals surface area contributed by atoms with Gasteiger partial charge in [-0.1, -0.05) is 13.8 Å². The first-order chi connectivity index (χ1) is 17.7. The van der Waals surface area contributed by atoms with Gasteiger partial charge in [0.05, 0.1) is 17.9 Å². The summed E-state index contributed by atoms with van der Waals surface area (Å²) >= 11 is 0.960. The zero-order chi connectivity index (χ0) is 28.0. The quantitative estimate of drug-likeness (QED) is 0.383. The lowest BCUT2D eigenvalue weighted by molar-refractivity contribution is -0.265. The van der Waals surface area contributed by atoms with E-state index in [0.29, 0.717) is 5.69 Å². The molecule has 0 saturated heterocycles. The van der Waals surface area contributed by atoms with Gasteiger partial charge in [0.25, 0.3) is 5.91 Å². The van der Waals surface area contributed by atoms with Crippen LogP contribution in [-0.4, -0.2) is 46.2 Å². The second-order valence-electron chi connectivity index (χ2n) is 9.50. The average molecular weight is 553 g/mol. The maximum atomic E-state index is 14.4. The molecule has 13 heteroatoms. The number of pyridine rings is 1. The number of nitrogens with two attached hydrogens (primary N) is 1. The Morgan fingerprint density at radius 3 is 2.45 bits per heavy atom. The molecule has 0 aliphatic carbocycles. The lowest BCUT2D eigenvalue weighted by Gasteiger charge is -2.31. The number of fused-ring (bicyclic) bond motifs is 1. The summed E-state index contributed by atoms with van der Waals surface area (Å²) in [4.78, 5) is 33.1. The Kier molecular flexibility index (Phi) is 6.95. The Morgan fingerprint density at radius 2 is 1.89 bits per heavy atom. The molecule has 2 aromatic heterocycles. The molecular formula is C25H24F4N4O4S. The van der Waals surface area contributed by atoms with Gasteiger partial charge in [-0.3, -0.25) is 9.59 Å². The van der Waals surface area contributed by atoms with E-state index in [0.717, 1.165) is 29.5 Å². The molecule has 0 saturated carbocycles. The second-order valence-corrected chi connectivity index (χ2v) is 10.4. The molecule has 2 atom stereocenters. The van der Waals surface area contributed by atoms with Gasteiger partial charge < -0.3 is 20.9 Å². The van der Waals surface area contributed by atoms with E-state index in [4.69, 9.17) is 10.5 Å². The number of hydrogen-bond donors (Lipinski definition) is 3. The predicted octanol–water partition coefficient (Wildman–Crippen LogP) is 3.78. The van der Waals surface area contributed by atoms with Crippen molar-refractivity contribution < 1.29 is 37.0 Å². The maximum absolute atomic E-state index is 14.4. The van der Waals surface area contributed by atoms with Crippen LogP contribution >= 0.6 is 11.3 Å². The number of benzene rings is 1. The fraction of sp³-hybridized carbons (Fsp3) is 0.360. The SMILES string of the molecule is CC(C)c1csc(C(=O)NCC(O)(c2cc3c(c(-c4ccc(F)cc4)n2)OC[C@]3(C)C(N)=O)C(F)(F)F)n1. The minimum absolute atomic E-state index is 0.00203. The van der Waals surface area contributed by atoms with E-state index >= 15 is 0 Å². The number of carbonyl (C=O) groups excluding carboxylic acids is 2. The molecule has 0 bridgehead atoms. The van der Waals surface area contributed by atoms with Crippen LogP contribution < -0.4 is 15.8 Å². The number of carbonyl (C=O) groups is 2. The average Bonchev–Trinajstić information content (AvgIpc) is 3.48. The van der Waals surface area contributed by atoms with Crippen molar-refractivity contribution in [2.75, 3.05) is 13.2 Å². The van der Waals surface area contributed by atoms with E-state index < -0.39 is 47.1 Å².